The fraction of sp³-hybridized carbons (Fsp3) is 0.688. The third-order valence-corrected chi connectivity index (χ3v) is 11.1. The molecule has 0 N–H and O–H groups in total. The van der Waals surface area contributed by atoms with Crippen molar-refractivity contribution in [1.82, 2.24) is 0 Å². The smallest absolute Gasteiger partial charge is 0.308 e. The van der Waals surface area contributed by atoms with Crippen LogP contribution in [0, 0.1) is 45.8 Å². The van der Waals surface area contributed by atoms with Crippen molar-refractivity contribution in [3.63, 3.8) is 0 Å². The van der Waals surface area contributed by atoms with E-state index in [2.05, 4.69) is 6.92 Å². The van der Waals surface area contributed by atoms with Crippen molar-refractivity contribution in [1.29, 1.82) is 0 Å². The molecule has 3 fully saturated rings. The van der Waals surface area contributed by atoms with Crippen LogP contribution in [0.3, 0.4) is 0 Å². The molecule has 1 aromatic heterocycles. The van der Waals surface area contributed by atoms with Crippen molar-refractivity contribution in [2.45, 2.75) is 85.9 Å². The Labute approximate surface area is 236 Å². The van der Waals surface area contributed by atoms with E-state index >= 15 is 0 Å². The van der Waals surface area contributed by atoms with E-state index in [0.29, 0.717) is 12.8 Å². The molecule has 1 saturated heterocycles. The molecule has 1 aromatic rings. The van der Waals surface area contributed by atoms with Gasteiger partial charge in [0.25, 0.3) is 0 Å². The second kappa shape index (κ2) is 9.88. The molecule has 0 aromatic carbocycles. The Morgan fingerprint density at radius 2 is 1.88 bits per heavy atom. The van der Waals surface area contributed by atoms with Crippen LogP contribution < -0.4 is 0 Å². The van der Waals surface area contributed by atoms with E-state index in [4.69, 9.17) is 18.6 Å². The largest absolute Gasteiger partial charge is 0.472 e. The number of allylic oxidation sites excluding steroid dienone is 1. The molecule has 2 heterocycles. The summed E-state index contributed by atoms with van der Waals surface area (Å²) in [5, 5.41) is 0. The van der Waals surface area contributed by atoms with Crippen molar-refractivity contribution < 1.29 is 37.8 Å². The maximum absolute atomic E-state index is 14.4. The van der Waals surface area contributed by atoms with Gasteiger partial charge in [-0.15, -0.1) is 0 Å². The van der Waals surface area contributed by atoms with Crippen LogP contribution in [0.15, 0.2) is 34.7 Å². The number of hydrogen-bond acceptors (Lipinski definition) is 8. The lowest BCUT2D eigenvalue weighted by atomic mass is 9.40. The lowest BCUT2D eigenvalue weighted by Gasteiger charge is -2.63. The van der Waals surface area contributed by atoms with E-state index in [-0.39, 0.29) is 48.3 Å². The molecule has 0 unspecified atom stereocenters. The molecular weight excluding hydrogens is 512 g/mol. The SMILES string of the molecule is CC[C@@H](C)C(=O)O[C@@H]1[C@H]2C=C3[C@@H]4CC(=O)O[C@@H](c5ccoc5)[C@]4(C)CC[C@@H]3[C@@](C)(C2=O)[C@@H](CC(=O)OC)C1(C)C. The average Bonchev–Trinajstić information content (AvgIpc) is 3.45. The number of carbonyl (C=O) groups is 4. The fourth-order valence-corrected chi connectivity index (χ4v) is 8.56. The first kappa shape index (κ1) is 28.6. The zero-order chi connectivity index (χ0) is 29.2. The zero-order valence-electron chi connectivity index (χ0n) is 24.7. The molecule has 8 nitrogen and oxygen atoms in total. The minimum atomic E-state index is -0.889. The van der Waals surface area contributed by atoms with E-state index in [1.807, 2.05) is 46.8 Å². The summed E-state index contributed by atoms with van der Waals surface area (Å²) in [5.41, 5.74) is -0.0944. The number of furan rings is 1. The predicted octanol–water partition coefficient (Wildman–Crippen LogP) is 5.61. The zero-order valence-corrected chi connectivity index (χ0v) is 24.7. The minimum absolute atomic E-state index is 0.00445. The van der Waals surface area contributed by atoms with Crippen LogP contribution in [0.25, 0.3) is 0 Å². The maximum atomic E-state index is 14.4. The molecule has 1 aliphatic heterocycles. The Hall–Kier alpha value is -2.90. The molecule has 0 radical (unpaired) electrons. The lowest BCUT2D eigenvalue weighted by molar-refractivity contribution is -0.198. The number of esters is 3. The standard InChI is InChI=1S/C32H42O8/c1-8-17(2)29(36)40-28-20-13-19-21(32(6,26(20)35)23(30(28,3)4)15-24(33)37-7)9-11-31(5)22(19)14-25(34)39-27(31)18-10-12-38-16-18/h10,12-13,16-17,20-23,27-28H,8-9,11,14-15H2,1-7H3/t17-,20+,21+,22+,23+,27+,28-,31-,32-/m1/s1. The number of cyclic esters (lactones) is 1. The lowest BCUT2D eigenvalue weighted by Crippen LogP contribution is -2.66. The van der Waals surface area contributed by atoms with Gasteiger partial charge in [-0.3, -0.25) is 19.2 Å². The first-order valence-electron chi connectivity index (χ1n) is 14.5. The van der Waals surface area contributed by atoms with Crippen molar-refractivity contribution in [2.75, 3.05) is 7.11 Å². The summed E-state index contributed by atoms with van der Waals surface area (Å²) in [6.45, 7) is 11.9. The molecule has 0 amide bonds. The Bertz CT molecular complexity index is 1230. The Morgan fingerprint density at radius 3 is 2.50 bits per heavy atom. The monoisotopic (exact) mass is 554 g/mol. The van der Waals surface area contributed by atoms with Crippen LogP contribution in [0.2, 0.25) is 0 Å². The van der Waals surface area contributed by atoms with Gasteiger partial charge in [-0.1, -0.05) is 53.2 Å². The number of methoxy groups -OCH3 is 1. The van der Waals surface area contributed by atoms with Gasteiger partial charge in [0.1, 0.15) is 18.0 Å². The van der Waals surface area contributed by atoms with Crippen LogP contribution in [0.5, 0.6) is 0 Å². The first-order valence-corrected chi connectivity index (χ1v) is 14.5. The summed E-state index contributed by atoms with van der Waals surface area (Å²) in [5.74, 6) is -2.73. The van der Waals surface area contributed by atoms with Gasteiger partial charge in [-0.2, -0.15) is 0 Å². The molecule has 218 valence electrons. The molecule has 40 heavy (non-hydrogen) atoms. The number of carbonyl (C=O) groups excluding carboxylic acids is 4. The second-order valence-corrected chi connectivity index (χ2v) is 13.4. The van der Waals surface area contributed by atoms with Crippen LogP contribution in [-0.2, 0) is 33.4 Å². The van der Waals surface area contributed by atoms with Gasteiger partial charge < -0.3 is 18.6 Å². The number of rotatable bonds is 6. The quantitative estimate of drug-likeness (QED) is 0.254. The third kappa shape index (κ3) is 4.07. The van der Waals surface area contributed by atoms with Gasteiger partial charge in [0.05, 0.1) is 37.9 Å². The van der Waals surface area contributed by atoms with E-state index in [9.17, 15) is 19.2 Å². The Balaban J connectivity index is 1.65. The highest BCUT2D eigenvalue weighted by Crippen LogP contribution is 2.68. The van der Waals surface area contributed by atoms with Crippen molar-refractivity contribution in [3.05, 3.63) is 35.8 Å². The summed E-state index contributed by atoms with van der Waals surface area (Å²) < 4.78 is 22.6. The van der Waals surface area contributed by atoms with Gasteiger partial charge in [0.15, 0.2) is 0 Å². The summed E-state index contributed by atoms with van der Waals surface area (Å²) in [6, 6.07) is 1.84. The van der Waals surface area contributed by atoms with Crippen molar-refractivity contribution in [2.24, 2.45) is 45.8 Å². The molecule has 0 spiro atoms. The molecule has 3 aliphatic carbocycles. The summed E-state index contributed by atoms with van der Waals surface area (Å²) in [6.07, 6.45) is 6.36. The van der Waals surface area contributed by atoms with Crippen LogP contribution in [0.1, 0.15) is 85.3 Å². The number of ether oxygens (including phenoxy) is 3. The molecule has 2 bridgehead atoms. The molecule has 8 heteroatoms. The van der Waals surface area contributed by atoms with Crippen LogP contribution in [-0.4, -0.2) is 36.9 Å². The fourth-order valence-electron chi connectivity index (χ4n) is 8.56. The van der Waals surface area contributed by atoms with E-state index in [0.717, 1.165) is 17.6 Å². The first-order chi connectivity index (χ1) is 18.8. The molecule has 9 atom stereocenters. The molecule has 5 rings (SSSR count). The number of ketones is 1. The van der Waals surface area contributed by atoms with Gasteiger partial charge in [0.2, 0.25) is 0 Å². The van der Waals surface area contributed by atoms with Gasteiger partial charge >= 0.3 is 17.9 Å². The Kier molecular flexibility index (Phi) is 7.07. The van der Waals surface area contributed by atoms with Crippen molar-refractivity contribution >= 4 is 23.7 Å². The van der Waals surface area contributed by atoms with E-state index in [1.54, 1.807) is 12.5 Å². The highest BCUT2D eigenvalue weighted by molar-refractivity contribution is 5.93. The van der Waals surface area contributed by atoms with E-state index < -0.39 is 46.3 Å². The predicted molar refractivity (Wildman–Crippen MR) is 144 cm³/mol. The summed E-state index contributed by atoms with van der Waals surface area (Å²) in [4.78, 5) is 53.4. The average molecular weight is 555 g/mol. The van der Waals surface area contributed by atoms with Gasteiger partial charge in [-0.05, 0) is 43.1 Å². The summed E-state index contributed by atoms with van der Waals surface area (Å²) in [7, 11) is 1.35. The van der Waals surface area contributed by atoms with Crippen LogP contribution >= 0.6 is 0 Å². The minimum Gasteiger partial charge on any atom is -0.472 e. The maximum Gasteiger partial charge on any atom is 0.308 e. The highest BCUT2D eigenvalue weighted by Gasteiger charge is 2.69. The topological polar surface area (TPSA) is 109 Å². The Morgan fingerprint density at radius 1 is 1.15 bits per heavy atom. The second-order valence-electron chi connectivity index (χ2n) is 13.4. The third-order valence-electron chi connectivity index (χ3n) is 11.1. The number of hydrogen-bond donors (Lipinski definition) is 0. The number of fused-ring (bicyclic) bond motifs is 6. The molecular formula is C32H42O8. The van der Waals surface area contributed by atoms with Gasteiger partial charge in [-0.25, -0.2) is 0 Å². The summed E-state index contributed by atoms with van der Waals surface area (Å²) >= 11 is 0. The van der Waals surface area contributed by atoms with Crippen molar-refractivity contribution in [3.8, 4) is 0 Å². The molecule has 2 saturated carbocycles. The normalized spacial score (nSPS) is 38.7. The number of Topliss-reactive ketones (excluding diaryl/α,β-unsaturated/α-hetero) is 1. The van der Waals surface area contributed by atoms with Gasteiger partial charge in [0, 0.05) is 28.2 Å². The molecule has 4 aliphatic rings. The van der Waals surface area contributed by atoms with Crippen LogP contribution in [0.4, 0.5) is 0 Å². The van der Waals surface area contributed by atoms with E-state index in [1.165, 1.54) is 7.11 Å². The highest BCUT2D eigenvalue weighted by atomic mass is 16.6.